The molecule has 0 atom stereocenters. The van der Waals surface area contributed by atoms with E-state index in [1.807, 2.05) is 0 Å². The molecule has 0 aromatic carbocycles. The molecule has 100 valence electrons. The number of carbonyl (C=O) groups is 2. The van der Waals surface area contributed by atoms with Gasteiger partial charge in [0.2, 0.25) is 0 Å². The number of aldehydes is 1. The molecule has 19 heavy (non-hydrogen) atoms. The number of amides is 1. The molecule has 0 unspecified atom stereocenters. The summed E-state index contributed by atoms with van der Waals surface area (Å²) in [5.41, 5.74) is -0.153. The Morgan fingerprint density at radius 1 is 1.47 bits per heavy atom. The van der Waals surface area contributed by atoms with Gasteiger partial charge in [0.1, 0.15) is 15.4 Å². The minimum Gasteiger partial charge on any atom is -0.444 e. The predicted molar refractivity (Wildman–Crippen MR) is 74.9 cm³/mol. The third kappa shape index (κ3) is 3.08. The smallest absolute Gasteiger partial charge is 0.412 e. The number of hydrogen-bond donors (Lipinski definition) is 1. The van der Waals surface area contributed by atoms with Crippen molar-refractivity contribution in [3.8, 4) is 0 Å². The van der Waals surface area contributed by atoms with Crippen LogP contribution in [-0.2, 0) is 4.74 Å². The Hall–Kier alpha value is -1.95. The third-order valence-electron chi connectivity index (χ3n) is 2.24. The zero-order chi connectivity index (χ0) is 14.0. The summed E-state index contributed by atoms with van der Waals surface area (Å²) in [6.07, 6.45) is 1.78. The Balaban J connectivity index is 2.30. The SMILES string of the molecule is CC(C)(C)OC(=O)Nc1sc2ncccc2c1C=O. The van der Waals surface area contributed by atoms with Gasteiger partial charge in [-0.2, -0.15) is 0 Å². The van der Waals surface area contributed by atoms with E-state index in [0.29, 0.717) is 21.7 Å². The summed E-state index contributed by atoms with van der Waals surface area (Å²) in [6, 6.07) is 3.54. The fourth-order valence-corrected chi connectivity index (χ4v) is 2.55. The monoisotopic (exact) mass is 278 g/mol. The molecule has 6 heteroatoms. The van der Waals surface area contributed by atoms with Gasteiger partial charge >= 0.3 is 6.09 Å². The molecule has 2 aromatic heterocycles. The largest absolute Gasteiger partial charge is 0.444 e. The fraction of sp³-hybridized carbons (Fsp3) is 0.308. The number of thiophene rings is 1. The Labute approximate surface area is 114 Å². The molecule has 0 aliphatic heterocycles. The number of carbonyl (C=O) groups excluding carboxylic acids is 2. The molecule has 0 radical (unpaired) electrons. The molecule has 0 aliphatic rings. The first-order chi connectivity index (χ1) is 8.90. The van der Waals surface area contributed by atoms with Gasteiger partial charge in [-0.15, -0.1) is 0 Å². The zero-order valence-corrected chi connectivity index (χ0v) is 11.7. The molecule has 0 saturated heterocycles. The van der Waals surface area contributed by atoms with Crippen LogP contribution in [0, 0.1) is 0 Å². The summed E-state index contributed by atoms with van der Waals surface area (Å²) in [6.45, 7) is 5.33. The molecule has 1 N–H and O–H groups in total. The van der Waals surface area contributed by atoms with E-state index in [1.165, 1.54) is 11.3 Å². The first-order valence-electron chi connectivity index (χ1n) is 5.73. The first kappa shape index (κ1) is 13.5. The minimum absolute atomic E-state index is 0.430. The lowest BCUT2D eigenvalue weighted by atomic mass is 10.2. The maximum absolute atomic E-state index is 11.7. The fourth-order valence-electron chi connectivity index (χ4n) is 1.56. The maximum atomic E-state index is 11.7. The molecule has 0 saturated carbocycles. The first-order valence-corrected chi connectivity index (χ1v) is 6.55. The molecule has 2 rings (SSSR count). The molecule has 2 aromatic rings. The van der Waals surface area contributed by atoms with Crippen molar-refractivity contribution in [3.05, 3.63) is 23.9 Å². The topological polar surface area (TPSA) is 68.3 Å². The minimum atomic E-state index is -0.583. The van der Waals surface area contributed by atoms with Gasteiger partial charge in [-0.1, -0.05) is 11.3 Å². The van der Waals surface area contributed by atoms with Gasteiger partial charge in [-0.3, -0.25) is 10.1 Å². The average molecular weight is 278 g/mol. The van der Waals surface area contributed by atoms with Crippen LogP contribution in [0.3, 0.4) is 0 Å². The lowest BCUT2D eigenvalue weighted by Gasteiger charge is -2.19. The number of aromatic nitrogens is 1. The summed E-state index contributed by atoms with van der Waals surface area (Å²) in [5.74, 6) is 0. The highest BCUT2D eigenvalue weighted by molar-refractivity contribution is 7.23. The van der Waals surface area contributed by atoms with Gasteiger partial charge in [0.15, 0.2) is 6.29 Å². The van der Waals surface area contributed by atoms with Crippen LogP contribution in [0.2, 0.25) is 0 Å². The van der Waals surface area contributed by atoms with E-state index in [2.05, 4.69) is 10.3 Å². The van der Waals surface area contributed by atoms with Crippen LogP contribution in [0.25, 0.3) is 10.2 Å². The average Bonchev–Trinajstić information content (AvgIpc) is 2.63. The quantitative estimate of drug-likeness (QED) is 0.854. The predicted octanol–water partition coefficient (Wildman–Crippen LogP) is 3.46. The third-order valence-corrected chi connectivity index (χ3v) is 3.28. The van der Waals surface area contributed by atoms with Gasteiger partial charge in [0.05, 0.1) is 5.56 Å². The van der Waals surface area contributed by atoms with Crippen LogP contribution in [0.4, 0.5) is 9.80 Å². The number of hydrogen-bond acceptors (Lipinski definition) is 5. The van der Waals surface area contributed by atoms with Crippen molar-refractivity contribution in [2.24, 2.45) is 0 Å². The summed E-state index contributed by atoms with van der Waals surface area (Å²) in [7, 11) is 0. The van der Waals surface area contributed by atoms with Crippen LogP contribution in [-0.4, -0.2) is 23.0 Å². The highest BCUT2D eigenvalue weighted by Gasteiger charge is 2.19. The Kier molecular flexibility index (Phi) is 3.53. The van der Waals surface area contributed by atoms with Gasteiger partial charge in [0, 0.05) is 11.6 Å². The molecule has 0 spiro atoms. The number of anilines is 1. The number of ether oxygens (including phenoxy) is 1. The zero-order valence-electron chi connectivity index (χ0n) is 10.9. The number of pyridine rings is 1. The van der Waals surface area contributed by atoms with Crippen LogP contribution in [0.15, 0.2) is 18.3 Å². The van der Waals surface area contributed by atoms with Crippen molar-refractivity contribution in [1.29, 1.82) is 0 Å². The van der Waals surface area contributed by atoms with Gasteiger partial charge in [-0.25, -0.2) is 9.78 Å². The van der Waals surface area contributed by atoms with E-state index in [-0.39, 0.29) is 0 Å². The van der Waals surface area contributed by atoms with Crippen molar-refractivity contribution in [1.82, 2.24) is 4.98 Å². The van der Waals surface area contributed by atoms with Crippen LogP contribution in [0.5, 0.6) is 0 Å². The molecule has 0 aliphatic carbocycles. The van der Waals surface area contributed by atoms with Gasteiger partial charge in [-0.05, 0) is 32.9 Å². The summed E-state index contributed by atoms with van der Waals surface area (Å²) >= 11 is 1.25. The van der Waals surface area contributed by atoms with E-state index in [0.717, 1.165) is 5.39 Å². The van der Waals surface area contributed by atoms with Crippen molar-refractivity contribution in [2.75, 3.05) is 5.32 Å². The molecule has 0 bridgehead atoms. The molecule has 2 heterocycles. The molecule has 5 nitrogen and oxygen atoms in total. The van der Waals surface area contributed by atoms with E-state index < -0.39 is 11.7 Å². The Morgan fingerprint density at radius 3 is 2.84 bits per heavy atom. The molecular formula is C13H14N2O3S. The van der Waals surface area contributed by atoms with Gasteiger partial charge in [0.25, 0.3) is 0 Å². The number of rotatable bonds is 2. The second kappa shape index (κ2) is 4.97. The Morgan fingerprint density at radius 2 is 2.21 bits per heavy atom. The number of nitrogens with one attached hydrogen (secondary N) is 1. The summed E-state index contributed by atoms with van der Waals surface area (Å²) in [5, 5.41) is 3.78. The summed E-state index contributed by atoms with van der Waals surface area (Å²) in [4.78, 5) is 27.7. The maximum Gasteiger partial charge on any atom is 0.412 e. The van der Waals surface area contributed by atoms with E-state index in [1.54, 1.807) is 39.1 Å². The van der Waals surface area contributed by atoms with Crippen LogP contribution >= 0.6 is 11.3 Å². The van der Waals surface area contributed by atoms with Crippen molar-refractivity contribution < 1.29 is 14.3 Å². The highest BCUT2D eigenvalue weighted by atomic mass is 32.1. The normalized spacial score (nSPS) is 11.3. The Bertz CT molecular complexity index is 628. The van der Waals surface area contributed by atoms with Crippen molar-refractivity contribution in [2.45, 2.75) is 26.4 Å². The van der Waals surface area contributed by atoms with E-state index >= 15 is 0 Å². The molecule has 0 fully saturated rings. The van der Waals surface area contributed by atoms with E-state index in [4.69, 9.17) is 4.74 Å². The van der Waals surface area contributed by atoms with E-state index in [9.17, 15) is 9.59 Å². The second-order valence-corrected chi connectivity index (χ2v) is 5.94. The highest BCUT2D eigenvalue weighted by Crippen LogP contribution is 2.33. The second-order valence-electron chi connectivity index (χ2n) is 4.95. The lowest BCUT2D eigenvalue weighted by molar-refractivity contribution is 0.0636. The molecule has 1 amide bonds. The molecular weight excluding hydrogens is 264 g/mol. The van der Waals surface area contributed by atoms with Crippen LogP contribution in [0.1, 0.15) is 31.1 Å². The van der Waals surface area contributed by atoms with Crippen LogP contribution < -0.4 is 5.32 Å². The lowest BCUT2D eigenvalue weighted by Crippen LogP contribution is -2.27. The number of fused-ring (bicyclic) bond motifs is 1. The van der Waals surface area contributed by atoms with Gasteiger partial charge < -0.3 is 4.74 Å². The number of nitrogens with zero attached hydrogens (tertiary/aromatic N) is 1. The van der Waals surface area contributed by atoms with Crippen molar-refractivity contribution in [3.63, 3.8) is 0 Å². The van der Waals surface area contributed by atoms with Crippen molar-refractivity contribution >= 4 is 38.9 Å². The summed E-state index contributed by atoms with van der Waals surface area (Å²) < 4.78 is 5.16. The standard InChI is InChI=1S/C13H14N2O3S/c1-13(2,3)18-12(17)15-11-9(7-16)8-5-4-6-14-10(8)19-11/h4-7H,1-3H3,(H,15,17).